The average molecular weight is 254 g/mol. The first-order chi connectivity index (χ1) is 7.93. The Labute approximate surface area is 98.4 Å². The van der Waals surface area contributed by atoms with Crippen LogP contribution in [0, 0.1) is 0 Å². The van der Waals surface area contributed by atoms with E-state index in [-0.39, 0.29) is 19.8 Å². The van der Waals surface area contributed by atoms with Crippen molar-refractivity contribution in [1.29, 1.82) is 0 Å². The number of ether oxygens (including phenoxy) is 2. The predicted molar refractivity (Wildman–Crippen MR) is 56.0 cm³/mol. The van der Waals surface area contributed by atoms with Crippen molar-refractivity contribution in [3.05, 3.63) is 0 Å². The summed E-state index contributed by atoms with van der Waals surface area (Å²) in [6, 6.07) is 0. The van der Waals surface area contributed by atoms with E-state index in [0.29, 0.717) is 0 Å². The smallest absolute Gasteiger partial charge is 0.450 e. The molecule has 0 aliphatic carbocycles. The van der Waals surface area contributed by atoms with Crippen LogP contribution in [0.3, 0.4) is 0 Å². The SMILES string of the molecule is CC(COC(=O)O)OC(=O)O.OCCCCO. The molecular weight excluding hydrogens is 236 g/mol. The Kier molecular flexibility index (Phi) is 13.2. The summed E-state index contributed by atoms with van der Waals surface area (Å²) in [5.74, 6) is 0. The van der Waals surface area contributed by atoms with Gasteiger partial charge in [0.2, 0.25) is 0 Å². The molecule has 0 aromatic rings. The van der Waals surface area contributed by atoms with E-state index in [1.165, 1.54) is 6.92 Å². The number of aliphatic hydroxyl groups is 2. The summed E-state index contributed by atoms with van der Waals surface area (Å²) in [7, 11) is 0. The molecule has 0 aromatic heterocycles. The van der Waals surface area contributed by atoms with Crippen LogP contribution < -0.4 is 0 Å². The summed E-state index contributed by atoms with van der Waals surface area (Å²) in [5.41, 5.74) is 0. The van der Waals surface area contributed by atoms with Gasteiger partial charge in [-0.3, -0.25) is 0 Å². The molecule has 0 radical (unpaired) electrons. The van der Waals surface area contributed by atoms with E-state index in [1.54, 1.807) is 0 Å². The molecule has 0 spiro atoms. The molecule has 8 nitrogen and oxygen atoms in total. The second kappa shape index (κ2) is 12.5. The topological polar surface area (TPSA) is 134 Å². The number of carboxylic acid groups (broad SMARTS) is 2. The summed E-state index contributed by atoms with van der Waals surface area (Å²) in [4.78, 5) is 19.6. The minimum absolute atomic E-state index is 0.195. The fourth-order valence-electron chi connectivity index (χ4n) is 0.618. The zero-order chi connectivity index (χ0) is 13.7. The minimum atomic E-state index is -1.45. The first-order valence-electron chi connectivity index (χ1n) is 4.91. The van der Waals surface area contributed by atoms with Crippen LogP contribution in [-0.4, -0.2) is 58.7 Å². The molecule has 0 heterocycles. The van der Waals surface area contributed by atoms with E-state index < -0.39 is 18.4 Å². The van der Waals surface area contributed by atoms with Crippen molar-refractivity contribution in [3.8, 4) is 0 Å². The van der Waals surface area contributed by atoms with Gasteiger partial charge in [0.1, 0.15) is 12.7 Å². The van der Waals surface area contributed by atoms with Crippen LogP contribution in [0.2, 0.25) is 0 Å². The maximum atomic E-state index is 9.83. The van der Waals surface area contributed by atoms with Gasteiger partial charge in [0.15, 0.2) is 0 Å². The molecule has 1 unspecified atom stereocenters. The average Bonchev–Trinajstić information content (AvgIpc) is 2.23. The highest BCUT2D eigenvalue weighted by Gasteiger charge is 2.09. The Morgan fingerprint density at radius 2 is 1.53 bits per heavy atom. The quantitative estimate of drug-likeness (QED) is 0.398. The zero-order valence-corrected chi connectivity index (χ0v) is 9.53. The highest BCUT2D eigenvalue weighted by Crippen LogP contribution is 1.92. The van der Waals surface area contributed by atoms with E-state index >= 15 is 0 Å². The number of unbranched alkanes of at least 4 members (excludes halogenated alkanes) is 1. The van der Waals surface area contributed by atoms with Crippen LogP contribution in [0.1, 0.15) is 19.8 Å². The molecule has 0 aliphatic rings. The third-order valence-corrected chi connectivity index (χ3v) is 1.31. The Morgan fingerprint density at radius 3 is 1.82 bits per heavy atom. The van der Waals surface area contributed by atoms with E-state index in [4.69, 9.17) is 20.4 Å². The lowest BCUT2D eigenvalue weighted by molar-refractivity contribution is 0.0122. The predicted octanol–water partition coefficient (Wildman–Crippen LogP) is 0.515. The van der Waals surface area contributed by atoms with Crippen LogP contribution in [0.25, 0.3) is 0 Å². The van der Waals surface area contributed by atoms with Crippen molar-refractivity contribution in [2.45, 2.75) is 25.9 Å². The number of hydrogen-bond donors (Lipinski definition) is 4. The molecule has 1 atom stereocenters. The second-order valence-electron chi connectivity index (χ2n) is 2.93. The first-order valence-corrected chi connectivity index (χ1v) is 4.91. The Balaban J connectivity index is 0. The van der Waals surface area contributed by atoms with Crippen molar-refractivity contribution in [3.63, 3.8) is 0 Å². The molecule has 8 heteroatoms. The van der Waals surface area contributed by atoms with Crippen molar-refractivity contribution >= 4 is 12.3 Å². The Bertz CT molecular complexity index is 201. The van der Waals surface area contributed by atoms with E-state index in [0.717, 1.165) is 12.8 Å². The largest absolute Gasteiger partial charge is 0.506 e. The lowest BCUT2D eigenvalue weighted by Gasteiger charge is -2.08. The highest BCUT2D eigenvalue weighted by atomic mass is 16.7. The molecule has 0 saturated heterocycles. The summed E-state index contributed by atoms with van der Waals surface area (Å²) >= 11 is 0. The van der Waals surface area contributed by atoms with Crippen LogP contribution in [0.5, 0.6) is 0 Å². The molecule has 0 saturated carbocycles. The fraction of sp³-hybridized carbons (Fsp3) is 0.778. The van der Waals surface area contributed by atoms with Gasteiger partial charge in [-0.2, -0.15) is 0 Å². The first kappa shape index (κ1) is 17.8. The Morgan fingerprint density at radius 1 is 1.06 bits per heavy atom. The summed E-state index contributed by atoms with van der Waals surface area (Å²) < 4.78 is 8.16. The molecule has 0 bridgehead atoms. The van der Waals surface area contributed by atoms with E-state index in [9.17, 15) is 9.59 Å². The van der Waals surface area contributed by atoms with E-state index in [1.807, 2.05) is 0 Å². The van der Waals surface area contributed by atoms with Crippen LogP contribution in [0.4, 0.5) is 9.59 Å². The molecule has 0 rings (SSSR count). The van der Waals surface area contributed by atoms with Crippen LogP contribution >= 0.6 is 0 Å². The summed E-state index contributed by atoms with van der Waals surface area (Å²) in [6.07, 6.45) is -2.24. The minimum Gasteiger partial charge on any atom is -0.450 e. The van der Waals surface area contributed by atoms with Gasteiger partial charge < -0.3 is 29.9 Å². The van der Waals surface area contributed by atoms with Gasteiger partial charge in [0, 0.05) is 13.2 Å². The van der Waals surface area contributed by atoms with Crippen molar-refractivity contribution in [1.82, 2.24) is 0 Å². The fourth-order valence-corrected chi connectivity index (χ4v) is 0.618. The number of rotatable bonds is 6. The van der Waals surface area contributed by atoms with Gasteiger partial charge in [-0.1, -0.05) is 0 Å². The molecule has 17 heavy (non-hydrogen) atoms. The summed E-state index contributed by atoms with van der Waals surface area (Å²) in [5, 5.41) is 32.2. The maximum Gasteiger partial charge on any atom is 0.506 e. The van der Waals surface area contributed by atoms with Crippen molar-refractivity contribution in [2.75, 3.05) is 19.8 Å². The number of hydrogen-bond acceptors (Lipinski definition) is 6. The Hall–Kier alpha value is -1.54. The van der Waals surface area contributed by atoms with Crippen LogP contribution in [0.15, 0.2) is 0 Å². The molecule has 102 valence electrons. The van der Waals surface area contributed by atoms with E-state index in [2.05, 4.69) is 9.47 Å². The third kappa shape index (κ3) is 20.5. The highest BCUT2D eigenvalue weighted by molar-refractivity contribution is 5.58. The molecular formula is C9H18O8. The van der Waals surface area contributed by atoms with Crippen molar-refractivity contribution < 1.29 is 39.5 Å². The lowest BCUT2D eigenvalue weighted by Crippen LogP contribution is -2.20. The molecule has 0 aliphatic heterocycles. The zero-order valence-electron chi connectivity index (χ0n) is 9.53. The number of carbonyl (C=O) groups is 2. The standard InChI is InChI=1S/C5H8O6.C4H10O2/c1-3(11-5(8)9)2-10-4(6)7;5-3-1-2-4-6/h3H,2H2,1H3,(H,6,7)(H,8,9);5-6H,1-4H2. The number of aliphatic hydroxyl groups excluding tert-OH is 2. The van der Waals surface area contributed by atoms with Gasteiger partial charge in [0.05, 0.1) is 0 Å². The maximum absolute atomic E-state index is 9.83. The molecule has 0 amide bonds. The molecule has 0 fully saturated rings. The van der Waals surface area contributed by atoms with Gasteiger partial charge in [0.25, 0.3) is 0 Å². The van der Waals surface area contributed by atoms with Gasteiger partial charge in [-0.05, 0) is 19.8 Å². The molecule has 4 N–H and O–H groups in total. The summed E-state index contributed by atoms with van der Waals surface area (Å²) in [6.45, 7) is 1.49. The normalized spacial score (nSPS) is 10.8. The molecule has 0 aromatic carbocycles. The third-order valence-electron chi connectivity index (χ3n) is 1.31. The van der Waals surface area contributed by atoms with Crippen molar-refractivity contribution in [2.24, 2.45) is 0 Å². The lowest BCUT2D eigenvalue weighted by atomic mass is 10.3. The van der Waals surface area contributed by atoms with Gasteiger partial charge >= 0.3 is 12.3 Å². The van der Waals surface area contributed by atoms with Gasteiger partial charge in [-0.25, -0.2) is 9.59 Å². The van der Waals surface area contributed by atoms with Crippen LogP contribution in [-0.2, 0) is 9.47 Å². The monoisotopic (exact) mass is 254 g/mol. The second-order valence-corrected chi connectivity index (χ2v) is 2.93. The van der Waals surface area contributed by atoms with Gasteiger partial charge in [-0.15, -0.1) is 0 Å².